The van der Waals surface area contributed by atoms with Crippen LogP contribution in [-0.4, -0.2) is 24.5 Å². The summed E-state index contributed by atoms with van der Waals surface area (Å²) in [6.07, 6.45) is 6.03. The predicted octanol–water partition coefficient (Wildman–Crippen LogP) is 3.57. The topological polar surface area (TPSA) is 67.4 Å². The second kappa shape index (κ2) is 7.82. The molecular formula is C17H24N2O3. The van der Waals surface area contributed by atoms with Crippen LogP contribution in [0.1, 0.15) is 56.3 Å². The zero-order valence-corrected chi connectivity index (χ0v) is 13.3. The van der Waals surface area contributed by atoms with Crippen LogP contribution in [0, 0.1) is 0 Å². The van der Waals surface area contributed by atoms with Crippen LogP contribution >= 0.6 is 0 Å². The molecule has 1 amide bonds. The van der Waals surface area contributed by atoms with Gasteiger partial charge in [-0.25, -0.2) is 4.79 Å². The summed E-state index contributed by atoms with van der Waals surface area (Å²) in [4.78, 5) is 23.2. The number of anilines is 2. The molecule has 0 unspecified atom stereocenters. The van der Waals surface area contributed by atoms with Crippen molar-refractivity contribution >= 4 is 23.3 Å². The Morgan fingerprint density at radius 1 is 1.18 bits per heavy atom. The summed E-state index contributed by atoms with van der Waals surface area (Å²) < 4.78 is 5.01. The van der Waals surface area contributed by atoms with Gasteiger partial charge < -0.3 is 15.4 Å². The van der Waals surface area contributed by atoms with E-state index in [0.717, 1.165) is 18.5 Å². The molecular weight excluding hydrogens is 280 g/mol. The first-order valence-corrected chi connectivity index (χ1v) is 7.95. The second-order valence-corrected chi connectivity index (χ2v) is 5.64. The third-order valence-corrected chi connectivity index (χ3v) is 3.81. The van der Waals surface area contributed by atoms with E-state index in [4.69, 9.17) is 4.74 Å². The predicted molar refractivity (Wildman–Crippen MR) is 87.2 cm³/mol. The van der Waals surface area contributed by atoms with Gasteiger partial charge >= 0.3 is 5.97 Å². The van der Waals surface area contributed by atoms with Crippen molar-refractivity contribution in [2.24, 2.45) is 0 Å². The minimum absolute atomic E-state index is 0.160. The smallest absolute Gasteiger partial charge is 0.338 e. The molecule has 0 aromatic heterocycles. The highest BCUT2D eigenvalue weighted by atomic mass is 16.5. The Hall–Kier alpha value is -2.04. The highest BCUT2D eigenvalue weighted by molar-refractivity contribution is 5.97. The number of benzene rings is 1. The third-order valence-electron chi connectivity index (χ3n) is 3.81. The highest BCUT2D eigenvalue weighted by Crippen LogP contribution is 2.28. The van der Waals surface area contributed by atoms with Crippen molar-refractivity contribution in [1.29, 1.82) is 0 Å². The molecule has 0 saturated heterocycles. The number of ether oxygens (including phenoxy) is 1. The van der Waals surface area contributed by atoms with E-state index in [1.54, 1.807) is 19.1 Å². The molecule has 1 fully saturated rings. The van der Waals surface area contributed by atoms with Crippen LogP contribution in [0.4, 0.5) is 11.4 Å². The Kier molecular flexibility index (Phi) is 5.81. The minimum Gasteiger partial charge on any atom is -0.462 e. The fraction of sp³-hybridized carbons (Fsp3) is 0.529. The second-order valence-electron chi connectivity index (χ2n) is 5.64. The summed E-state index contributed by atoms with van der Waals surface area (Å²) in [5.41, 5.74) is 1.93. The number of carbonyl (C=O) groups is 2. The first-order valence-electron chi connectivity index (χ1n) is 7.95. The van der Waals surface area contributed by atoms with Crippen LogP contribution in [0.3, 0.4) is 0 Å². The first-order chi connectivity index (χ1) is 10.6. The molecule has 1 saturated carbocycles. The minimum atomic E-state index is -0.377. The summed E-state index contributed by atoms with van der Waals surface area (Å²) in [6.45, 7) is 3.56. The average molecular weight is 304 g/mol. The van der Waals surface area contributed by atoms with Crippen LogP contribution in [0.2, 0.25) is 0 Å². The molecule has 1 aromatic carbocycles. The Bertz CT molecular complexity index is 537. The lowest BCUT2D eigenvalue weighted by atomic mass is 9.95. The van der Waals surface area contributed by atoms with Gasteiger partial charge in [-0.05, 0) is 38.0 Å². The Balaban J connectivity index is 2.19. The van der Waals surface area contributed by atoms with Gasteiger partial charge in [-0.1, -0.05) is 19.3 Å². The summed E-state index contributed by atoms with van der Waals surface area (Å²) in [5, 5.41) is 6.28. The van der Waals surface area contributed by atoms with Crippen LogP contribution in [-0.2, 0) is 9.53 Å². The molecule has 0 radical (unpaired) electrons. The van der Waals surface area contributed by atoms with Crippen molar-refractivity contribution in [3.8, 4) is 0 Å². The van der Waals surface area contributed by atoms with E-state index in [1.165, 1.54) is 26.2 Å². The van der Waals surface area contributed by atoms with Gasteiger partial charge in [0.2, 0.25) is 5.91 Å². The maximum absolute atomic E-state index is 11.8. The maximum atomic E-state index is 11.8. The summed E-state index contributed by atoms with van der Waals surface area (Å²) in [5.74, 6) is -0.536. The van der Waals surface area contributed by atoms with E-state index in [2.05, 4.69) is 10.6 Å². The lowest BCUT2D eigenvalue weighted by Crippen LogP contribution is -2.23. The van der Waals surface area contributed by atoms with Gasteiger partial charge in [0.15, 0.2) is 0 Å². The summed E-state index contributed by atoms with van der Waals surface area (Å²) in [6, 6.07) is 5.67. The van der Waals surface area contributed by atoms with E-state index in [9.17, 15) is 9.59 Å². The zero-order valence-electron chi connectivity index (χ0n) is 13.3. The number of nitrogens with one attached hydrogen (secondary N) is 2. The van der Waals surface area contributed by atoms with E-state index >= 15 is 0 Å². The third kappa shape index (κ3) is 4.48. The lowest BCUT2D eigenvalue weighted by Gasteiger charge is -2.25. The molecule has 1 aromatic rings. The van der Waals surface area contributed by atoms with E-state index < -0.39 is 0 Å². The van der Waals surface area contributed by atoms with Crippen molar-refractivity contribution in [1.82, 2.24) is 0 Å². The molecule has 1 aliphatic rings. The molecule has 0 atom stereocenters. The van der Waals surface area contributed by atoms with E-state index in [-0.39, 0.29) is 11.9 Å². The molecule has 0 spiro atoms. The number of esters is 1. The molecule has 5 heteroatoms. The van der Waals surface area contributed by atoms with Gasteiger partial charge in [-0.2, -0.15) is 0 Å². The van der Waals surface area contributed by atoms with Crippen LogP contribution < -0.4 is 10.6 Å². The Morgan fingerprint density at radius 2 is 1.91 bits per heavy atom. The van der Waals surface area contributed by atoms with Crippen molar-refractivity contribution in [2.45, 2.75) is 52.0 Å². The molecule has 22 heavy (non-hydrogen) atoms. The monoisotopic (exact) mass is 304 g/mol. The van der Waals surface area contributed by atoms with Gasteiger partial charge in [0, 0.05) is 13.0 Å². The number of amides is 1. The number of hydrogen-bond donors (Lipinski definition) is 2. The van der Waals surface area contributed by atoms with Crippen molar-refractivity contribution in [3.63, 3.8) is 0 Å². The first kappa shape index (κ1) is 16.3. The fourth-order valence-electron chi connectivity index (χ4n) is 2.77. The normalized spacial score (nSPS) is 15.2. The SMILES string of the molecule is CCOC(=O)c1ccc(NC2CCCCC2)c(NC(C)=O)c1. The average Bonchev–Trinajstić information content (AvgIpc) is 2.50. The van der Waals surface area contributed by atoms with Crippen molar-refractivity contribution in [3.05, 3.63) is 23.8 Å². The summed E-state index contributed by atoms with van der Waals surface area (Å²) >= 11 is 0. The Labute approximate surface area is 131 Å². The van der Waals surface area contributed by atoms with Crippen LogP contribution in [0.25, 0.3) is 0 Å². The van der Waals surface area contributed by atoms with Gasteiger partial charge in [-0.3, -0.25) is 4.79 Å². The van der Waals surface area contributed by atoms with Crippen molar-refractivity contribution < 1.29 is 14.3 Å². The molecule has 1 aliphatic carbocycles. The van der Waals surface area contributed by atoms with Gasteiger partial charge in [0.05, 0.1) is 23.5 Å². The van der Waals surface area contributed by atoms with E-state index in [1.807, 2.05) is 6.07 Å². The lowest BCUT2D eigenvalue weighted by molar-refractivity contribution is -0.114. The number of carbonyl (C=O) groups excluding carboxylic acids is 2. The Morgan fingerprint density at radius 3 is 2.55 bits per heavy atom. The van der Waals surface area contributed by atoms with E-state index in [0.29, 0.717) is 23.9 Å². The zero-order chi connectivity index (χ0) is 15.9. The largest absolute Gasteiger partial charge is 0.462 e. The molecule has 0 heterocycles. The highest BCUT2D eigenvalue weighted by Gasteiger charge is 2.16. The molecule has 0 aliphatic heterocycles. The van der Waals surface area contributed by atoms with Gasteiger partial charge in [0.25, 0.3) is 0 Å². The molecule has 120 valence electrons. The standard InChI is InChI=1S/C17H24N2O3/c1-3-22-17(21)13-9-10-15(16(11-13)18-12(2)20)19-14-7-5-4-6-8-14/h9-11,14,19H,3-8H2,1-2H3,(H,18,20). The summed E-state index contributed by atoms with van der Waals surface area (Å²) in [7, 11) is 0. The molecule has 0 bridgehead atoms. The number of rotatable bonds is 5. The maximum Gasteiger partial charge on any atom is 0.338 e. The van der Waals surface area contributed by atoms with Crippen LogP contribution in [0.5, 0.6) is 0 Å². The number of hydrogen-bond acceptors (Lipinski definition) is 4. The van der Waals surface area contributed by atoms with Crippen molar-refractivity contribution in [2.75, 3.05) is 17.2 Å². The molecule has 2 N–H and O–H groups in total. The molecule has 2 rings (SSSR count). The molecule has 5 nitrogen and oxygen atoms in total. The van der Waals surface area contributed by atoms with Gasteiger partial charge in [0.1, 0.15) is 0 Å². The van der Waals surface area contributed by atoms with Gasteiger partial charge in [-0.15, -0.1) is 0 Å². The quantitative estimate of drug-likeness (QED) is 0.816. The fourth-order valence-corrected chi connectivity index (χ4v) is 2.77. The van der Waals surface area contributed by atoms with Crippen LogP contribution in [0.15, 0.2) is 18.2 Å².